The molecule has 6 heteroatoms. The SMILES string of the molecule is CCOC(=O)[C@H]1CCCN(C(=O)c2c(C3CC3)nn(-c3cccc(C)c3)c2CC)C1. The zero-order valence-corrected chi connectivity index (χ0v) is 18.2. The summed E-state index contributed by atoms with van der Waals surface area (Å²) in [5.74, 6) is -0.0416. The average molecular weight is 410 g/mol. The first-order valence-electron chi connectivity index (χ1n) is 11.2. The van der Waals surface area contributed by atoms with Crippen molar-refractivity contribution in [1.82, 2.24) is 14.7 Å². The monoisotopic (exact) mass is 409 g/mol. The summed E-state index contributed by atoms with van der Waals surface area (Å²) < 4.78 is 7.17. The van der Waals surface area contributed by atoms with E-state index in [1.807, 2.05) is 28.6 Å². The minimum Gasteiger partial charge on any atom is -0.466 e. The maximum Gasteiger partial charge on any atom is 0.310 e. The van der Waals surface area contributed by atoms with E-state index in [4.69, 9.17) is 9.84 Å². The maximum atomic E-state index is 13.7. The Morgan fingerprint density at radius 2 is 2.00 bits per heavy atom. The van der Waals surface area contributed by atoms with Gasteiger partial charge in [0.05, 0.1) is 35.2 Å². The molecule has 0 radical (unpaired) electrons. The molecule has 0 bridgehead atoms. The third kappa shape index (κ3) is 4.00. The van der Waals surface area contributed by atoms with Crippen LogP contribution in [0.1, 0.15) is 72.8 Å². The maximum absolute atomic E-state index is 13.7. The van der Waals surface area contributed by atoms with Crippen LogP contribution >= 0.6 is 0 Å². The molecule has 1 aromatic carbocycles. The van der Waals surface area contributed by atoms with Gasteiger partial charge in [0.1, 0.15) is 0 Å². The quantitative estimate of drug-likeness (QED) is 0.676. The van der Waals surface area contributed by atoms with Crippen molar-refractivity contribution >= 4 is 11.9 Å². The van der Waals surface area contributed by atoms with Gasteiger partial charge in [-0.1, -0.05) is 19.1 Å². The van der Waals surface area contributed by atoms with Gasteiger partial charge in [-0.15, -0.1) is 0 Å². The van der Waals surface area contributed by atoms with Crippen LogP contribution in [0, 0.1) is 12.8 Å². The van der Waals surface area contributed by atoms with Gasteiger partial charge >= 0.3 is 5.97 Å². The van der Waals surface area contributed by atoms with Gasteiger partial charge in [-0.3, -0.25) is 9.59 Å². The highest BCUT2D eigenvalue weighted by molar-refractivity contribution is 5.97. The normalized spacial score (nSPS) is 19.0. The first-order chi connectivity index (χ1) is 14.5. The van der Waals surface area contributed by atoms with Crippen LogP contribution in [0.15, 0.2) is 24.3 Å². The Bertz CT molecular complexity index is 945. The molecular formula is C24H31N3O3. The van der Waals surface area contributed by atoms with E-state index in [1.54, 1.807) is 0 Å². The summed E-state index contributed by atoms with van der Waals surface area (Å²) in [4.78, 5) is 27.8. The van der Waals surface area contributed by atoms with Crippen molar-refractivity contribution in [3.05, 3.63) is 46.8 Å². The average Bonchev–Trinajstić information content (AvgIpc) is 3.53. The molecule has 1 atom stereocenters. The van der Waals surface area contributed by atoms with Gasteiger partial charge in [0.25, 0.3) is 5.91 Å². The molecule has 1 aliphatic carbocycles. The van der Waals surface area contributed by atoms with Crippen LogP contribution in [-0.4, -0.2) is 46.3 Å². The van der Waals surface area contributed by atoms with Gasteiger partial charge < -0.3 is 9.64 Å². The van der Waals surface area contributed by atoms with Gasteiger partial charge in [-0.2, -0.15) is 5.10 Å². The summed E-state index contributed by atoms with van der Waals surface area (Å²) in [6.45, 7) is 7.44. The molecule has 0 spiro atoms. The molecule has 1 aromatic heterocycles. The van der Waals surface area contributed by atoms with E-state index in [-0.39, 0.29) is 17.8 Å². The second-order valence-corrected chi connectivity index (χ2v) is 8.43. The van der Waals surface area contributed by atoms with E-state index < -0.39 is 0 Å². The lowest BCUT2D eigenvalue weighted by Gasteiger charge is -2.31. The molecule has 6 nitrogen and oxygen atoms in total. The number of carbonyl (C=O) groups excluding carboxylic acids is 2. The number of hydrogen-bond acceptors (Lipinski definition) is 4. The summed E-state index contributed by atoms with van der Waals surface area (Å²) in [5.41, 5.74) is 4.81. The fourth-order valence-electron chi connectivity index (χ4n) is 4.42. The number of rotatable bonds is 6. The van der Waals surface area contributed by atoms with E-state index in [9.17, 15) is 9.59 Å². The largest absolute Gasteiger partial charge is 0.466 e. The number of benzene rings is 1. The molecule has 2 aliphatic rings. The molecule has 30 heavy (non-hydrogen) atoms. The highest BCUT2D eigenvalue weighted by Crippen LogP contribution is 2.42. The Hall–Kier alpha value is -2.63. The van der Waals surface area contributed by atoms with Crippen molar-refractivity contribution in [2.45, 2.75) is 58.8 Å². The minimum absolute atomic E-state index is 0.0154. The minimum atomic E-state index is -0.232. The lowest BCUT2D eigenvalue weighted by molar-refractivity contribution is -0.149. The Labute approximate surface area is 178 Å². The number of esters is 1. The number of aryl methyl sites for hydroxylation is 1. The molecule has 2 aromatic rings. The number of amides is 1. The Morgan fingerprint density at radius 3 is 2.67 bits per heavy atom. The Morgan fingerprint density at radius 1 is 1.20 bits per heavy atom. The molecule has 2 fully saturated rings. The van der Waals surface area contributed by atoms with Gasteiger partial charge in [0.2, 0.25) is 0 Å². The van der Waals surface area contributed by atoms with Crippen LogP contribution in [0.5, 0.6) is 0 Å². The summed E-state index contributed by atoms with van der Waals surface area (Å²) >= 11 is 0. The van der Waals surface area contributed by atoms with E-state index in [0.29, 0.717) is 25.6 Å². The summed E-state index contributed by atoms with van der Waals surface area (Å²) in [6.07, 6.45) is 4.49. The van der Waals surface area contributed by atoms with Gasteiger partial charge in [0, 0.05) is 19.0 Å². The van der Waals surface area contributed by atoms with Crippen LogP contribution in [0.4, 0.5) is 0 Å². The van der Waals surface area contributed by atoms with Gasteiger partial charge in [-0.25, -0.2) is 4.68 Å². The van der Waals surface area contributed by atoms with E-state index in [1.165, 1.54) is 5.56 Å². The van der Waals surface area contributed by atoms with E-state index in [0.717, 1.165) is 54.7 Å². The number of carbonyl (C=O) groups is 2. The highest BCUT2D eigenvalue weighted by atomic mass is 16.5. The van der Waals surface area contributed by atoms with Gasteiger partial charge in [-0.05, 0) is 63.6 Å². The van der Waals surface area contributed by atoms with Gasteiger partial charge in [0.15, 0.2) is 0 Å². The Kier molecular flexibility index (Phi) is 5.93. The van der Waals surface area contributed by atoms with Crippen LogP contribution in [0.2, 0.25) is 0 Å². The van der Waals surface area contributed by atoms with E-state index in [2.05, 4.69) is 26.0 Å². The summed E-state index contributed by atoms with van der Waals surface area (Å²) in [5, 5.41) is 4.93. The van der Waals surface area contributed by atoms with Crippen LogP contribution in [0.3, 0.4) is 0 Å². The molecule has 1 saturated heterocycles. The van der Waals surface area contributed by atoms with Crippen molar-refractivity contribution in [2.75, 3.05) is 19.7 Å². The zero-order chi connectivity index (χ0) is 21.3. The first kappa shape index (κ1) is 20.6. The second-order valence-electron chi connectivity index (χ2n) is 8.43. The van der Waals surface area contributed by atoms with Crippen molar-refractivity contribution < 1.29 is 14.3 Å². The molecule has 1 aliphatic heterocycles. The van der Waals surface area contributed by atoms with Crippen molar-refractivity contribution in [1.29, 1.82) is 0 Å². The fraction of sp³-hybridized carbons (Fsp3) is 0.542. The lowest BCUT2D eigenvalue weighted by atomic mass is 9.96. The molecule has 0 N–H and O–H groups in total. The molecular weight excluding hydrogens is 378 g/mol. The number of likely N-dealkylation sites (tertiary alicyclic amines) is 1. The third-order valence-corrected chi connectivity index (χ3v) is 6.10. The number of piperidine rings is 1. The number of hydrogen-bond donors (Lipinski definition) is 0. The molecule has 4 rings (SSSR count). The summed E-state index contributed by atoms with van der Waals surface area (Å²) in [6, 6.07) is 8.24. The predicted molar refractivity (Wildman–Crippen MR) is 115 cm³/mol. The standard InChI is InChI=1S/C24H31N3O3/c1-4-20-21(23(28)26-13-7-9-18(15-26)24(29)30-5-2)22(17-11-12-17)25-27(20)19-10-6-8-16(3)14-19/h6,8,10,14,17-18H,4-5,7,9,11-13,15H2,1-3H3/t18-/m0/s1. The summed E-state index contributed by atoms with van der Waals surface area (Å²) in [7, 11) is 0. The number of ether oxygens (including phenoxy) is 1. The second kappa shape index (κ2) is 8.62. The lowest BCUT2D eigenvalue weighted by Crippen LogP contribution is -2.43. The fourth-order valence-corrected chi connectivity index (χ4v) is 4.42. The topological polar surface area (TPSA) is 64.4 Å². The molecule has 0 unspecified atom stereocenters. The highest BCUT2D eigenvalue weighted by Gasteiger charge is 2.37. The van der Waals surface area contributed by atoms with Crippen LogP contribution in [-0.2, 0) is 16.0 Å². The number of nitrogens with zero attached hydrogens (tertiary/aromatic N) is 3. The predicted octanol–water partition coefficient (Wildman–Crippen LogP) is 4.04. The van der Waals surface area contributed by atoms with Crippen LogP contribution in [0.25, 0.3) is 5.69 Å². The van der Waals surface area contributed by atoms with Crippen molar-refractivity contribution in [3.63, 3.8) is 0 Å². The smallest absolute Gasteiger partial charge is 0.310 e. The van der Waals surface area contributed by atoms with Crippen molar-refractivity contribution in [2.24, 2.45) is 5.92 Å². The third-order valence-electron chi connectivity index (χ3n) is 6.10. The van der Waals surface area contributed by atoms with Crippen molar-refractivity contribution in [3.8, 4) is 5.69 Å². The molecule has 1 saturated carbocycles. The molecule has 1 amide bonds. The first-order valence-corrected chi connectivity index (χ1v) is 11.2. The molecule has 160 valence electrons. The van der Waals surface area contributed by atoms with E-state index >= 15 is 0 Å². The molecule has 2 heterocycles. The number of aromatic nitrogens is 2. The van der Waals surface area contributed by atoms with Crippen LogP contribution < -0.4 is 0 Å². The Balaban J connectivity index is 1.69. The zero-order valence-electron chi connectivity index (χ0n) is 18.2.